The second kappa shape index (κ2) is 8.14. The van der Waals surface area contributed by atoms with Gasteiger partial charge in [-0.3, -0.25) is 18.7 Å². The Morgan fingerprint density at radius 3 is 2.39 bits per heavy atom. The van der Waals surface area contributed by atoms with Crippen LogP contribution in [0.5, 0.6) is 0 Å². The third kappa shape index (κ3) is 3.52. The van der Waals surface area contributed by atoms with Crippen LogP contribution in [-0.4, -0.2) is 47.3 Å². The highest BCUT2D eigenvalue weighted by Crippen LogP contribution is 2.26. The Balaban J connectivity index is 1.95. The first-order valence-electron chi connectivity index (χ1n) is 9.88. The van der Waals surface area contributed by atoms with Gasteiger partial charge < -0.3 is 9.47 Å². The van der Waals surface area contributed by atoms with Crippen LogP contribution in [0.25, 0.3) is 11.2 Å². The summed E-state index contributed by atoms with van der Waals surface area (Å²) in [5, 5.41) is 0.612. The molecule has 1 aliphatic heterocycles. The quantitative estimate of drug-likeness (QED) is 0.705. The zero-order chi connectivity index (χ0) is 20.6. The Bertz CT molecular complexity index is 996. The molecule has 0 bridgehead atoms. The van der Waals surface area contributed by atoms with E-state index in [0.717, 1.165) is 30.3 Å². The van der Waals surface area contributed by atoms with E-state index in [4.69, 9.17) is 0 Å². The predicted molar refractivity (Wildman–Crippen MR) is 111 cm³/mol. The minimum absolute atomic E-state index is 0.0987. The number of carbonyl (C=O) groups is 1. The summed E-state index contributed by atoms with van der Waals surface area (Å²) < 4.78 is 4.34. The Labute approximate surface area is 168 Å². The van der Waals surface area contributed by atoms with E-state index < -0.39 is 5.69 Å². The maximum Gasteiger partial charge on any atom is 0.332 e. The number of imidazole rings is 1. The third-order valence-corrected chi connectivity index (χ3v) is 6.53. The van der Waals surface area contributed by atoms with Crippen LogP contribution in [0.15, 0.2) is 14.7 Å². The molecule has 0 spiro atoms. The maximum atomic E-state index is 12.9. The van der Waals surface area contributed by atoms with E-state index in [2.05, 4.69) is 18.8 Å². The van der Waals surface area contributed by atoms with Crippen LogP contribution in [0, 0.1) is 0 Å². The summed E-state index contributed by atoms with van der Waals surface area (Å²) in [7, 11) is 3.09. The number of aromatic nitrogens is 4. The van der Waals surface area contributed by atoms with Crippen molar-refractivity contribution in [3.63, 3.8) is 0 Å². The van der Waals surface area contributed by atoms with E-state index >= 15 is 0 Å². The molecule has 9 heteroatoms. The molecule has 1 saturated heterocycles. The standard InChI is InChI=1S/C19H29N5O3S/c1-6-10-23-15-16(21(4)19(27)22(5)17(15)26)20-18(23)28-11-14(25)24-12(2)8-7-9-13(24)3/h12-13H,6-11H2,1-5H3/t12-,13+. The number of rotatable bonds is 5. The average molecular weight is 408 g/mol. The van der Waals surface area contributed by atoms with Crippen LogP contribution >= 0.6 is 11.8 Å². The van der Waals surface area contributed by atoms with Gasteiger partial charge in [0.2, 0.25) is 5.91 Å². The molecular weight excluding hydrogens is 378 g/mol. The van der Waals surface area contributed by atoms with E-state index in [1.165, 1.54) is 23.4 Å². The van der Waals surface area contributed by atoms with Crippen molar-refractivity contribution in [2.24, 2.45) is 14.1 Å². The van der Waals surface area contributed by atoms with Gasteiger partial charge in [0.15, 0.2) is 16.3 Å². The predicted octanol–water partition coefficient (Wildman–Crippen LogP) is 1.73. The van der Waals surface area contributed by atoms with Crippen molar-refractivity contribution in [1.82, 2.24) is 23.6 Å². The van der Waals surface area contributed by atoms with Crippen LogP contribution in [0.2, 0.25) is 0 Å². The van der Waals surface area contributed by atoms with Crippen molar-refractivity contribution < 1.29 is 4.79 Å². The number of amides is 1. The van der Waals surface area contributed by atoms with Gasteiger partial charge >= 0.3 is 5.69 Å². The molecule has 3 heterocycles. The van der Waals surface area contributed by atoms with E-state index in [0.29, 0.717) is 22.9 Å². The van der Waals surface area contributed by atoms with Crippen LogP contribution in [0.3, 0.4) is 0 Å². The maximum absolute atomic E-state index is 12.9. The summed E-state index contributed by atoms with van der Waals surface area (Å²) in [6, 6.07) is 0.499. The fourth-order valence-electron chi connectivity index (χ4n) is 4.08. The fourth-order valence-corrected chi connectivity index (χ4v) is 4.97. The lowest BCUT2D eigenvalue weighted by molar-refractivity contribution is -0.134. The smallest absolute Gasteiger partial charge is 0.332 e. The van der Waals surface area contributed by atoms with Gasteiger partial charge in [-0.15, -0.1) is 0 Å². The number of piperidine rings is 1. The summed E-state index contributed by atoms with van der Waals surface area (Å²) in [6.07, 6.45) is 4.04. The van der Waals surface area contributed by atoms with Gasteiger partial charge in [0.25, 0.3) is 5.56 Å². The summed E-state index contributed by atoms with van der Waals surface area (Å²) in [5.74, 6) is 0.372. The fraction of sp³-hybridized carbons (Fsp3) is 0.684. The molecule has 0 unspecified atom stereocenters. The molecule has 1 aliphatic rings. The lowest BCUT2D eigenvalue weighted by Crippen LogP contribution is -2.48. The molecule has 0 aliphatic carbocycles. The molecule has 2 aromatic rings. The molecule has 0 N–H and O–H groups in total. The molecule has 1 fully saturated rings. The van der Waals surface area contributed by atoms with Gasteiger partial charge in [-0.25, -0.2) is 9.78 Å². The first kappa shape index (κ1) is 20.7. The van der Waals surface area contributed by atoms with Gasteiger partial charge in [-0.05, 0) is 39.5 Å². The Morgan fingerprint density at radius 1 is 1.14 bits per heavy atom. The summed E-state index contributed by atoms with van der Waals surface area (Å²) in [4.78, 5) is 44.3. The second-order valence-electron chi connectivity index (χ2n) is 7.64. The molecule has 2 aromatic heterocycles. The number of likely N-dealkylation sites (tertiary alicyclic amines) is 1. The SMILES string of the molecule is CCCn1c(SCC(=O)N2[C@H](C)CCC[C@@H]2C)nc2c1c(=O)n(C)c(=O)n2C. The Hall–Kier alpha value is -2.03. The molecule has 2 atom stereocenters. The highest BCUT2D eigenvalue weighted by Gasteiger charge is 2.29. The van der Waals surface area contributed by atoms with E-state index in [1.54, 1.807) is 7.05 Å². The lowest BCUT2D eigenvalue weighted by Gasteiger charge is -2.39. The van der Waals surface area contributed by atoms with Crippen LogP contribution in [0.4, 0.5) is 0 Å². The topological polar surface area (TPSA) is 82.1 Å². The monoisotopic (exact) mass is 407 g/mol. The number of thioether (sulfide) groups is 1. The summed E-state index contributed by atoms with van der Waals surface area (Å²) >= 11 is 1.34. The average Bonchev–Trinajstić information content (AvgIpc) is 3.02. The first-order valence-corrected chi connectivity index (χ1v) is 10.9. The lowest BCUT2D eigenvalue weighted by atomic mass is 9.98. The van der Waals surface area contributed by atoms with Crippen molar-refractivity contribution >= 4 is 28.8 Å². The normalized spacial score (nSPS) is 20.1. The molecular formula is C19H29N5O3S. The molecule has 3 rings (SSSR count). The molecule has 0 aromatic carbocycles. The van der Waals surface area contributed by atoms with Crippen LogP contribution in [-0.2, 0) is 25.4 Å². The van der Waals surface area contributed by atoms with E-state index in [1.807, 2.05) is 16.4 Å². The molecule has 0 radical (unpaired) electrons. The number of carbonyl (C=O) groups excluding carboxylic acids is 1. The van der Waals surface area contributed by atoms with Gasteiger partial charge in [0.1, 0.15) is 0 Å². The minimum Gasteiger partial charge on any atom is -0.337 e. The highest BCUT2D eigenvalue weighted by atomic mass is 32.2. The Kier molecular flexibility index (Phi) is 6.02. The second-order valence-corrected chi connectivity index (χ2v) is 8.59. The van der Waals surface area contributed by atoms with Crippen molar-refractivity contribution in [3.8, 4) is 0 Å². The minimum atomic E-state index is -0.401. The van der Waals surface area contributed by atoms with Gasteiger partial charge in [0.05, 0.1) is 5.75 Å². The van der Waals surface area contributed by atoms with E-state index in [-0.39, 0.29) is 29.3 Å². The molecule has 1 amide bonds. The van der Waals surface area contributed by atoms with Crippen molar-refractivity contribution in [3.05, 3.63) is 20.8 Å². The number of nitrogens with zero attached hydrogens (tertiary/aromatic N) is 5. The zero-order valence-corrected chi connectivity index (χ0v) is 18.1. The van der Waals surface area contributed by atoms with Crippen LogP contribution in [0.1, 0.15) is 46.5 Å². The van der Waals surface area contributed by atoms with Crippen LogP contribution < -0.4 is 11.2 Å². The third-order valence-electron chi connectivity index (χ3n) is 5.57. The number of fused-ring (bicyclic) bond motifs is 1. The first-order chi connectivity index (χ1) is 13.3. The number of aryl methyl sites for hydroxylation is 2. The Morgan fingerprint density at radius 2 is 1.79 bits per heavy atom. The zero-order valence-electron chi connectivity index (χ0n) is 17.3. The van der Waals surface area contributed by atoms with Gasteiger partial charge in [0, 0.05) is 32.7 Å². The number of hydrogen-bond donors (Lipinski definition) is 0. The molecule has 0 saturated carbocycles. The van der Waals surface area contributed by atoms with E-state index in [9.17, 15) is 14.4 Å². The molecule has 8 nitrogen and oxygen atoms in total. The number of hydrogen-bond acceptors (Lipinski definition) is 5. The highest BCUT2D eigenvalue weighted by molar-refractivity contribution is 7.99. The van der Waals surface area contributed by atoms with Gasteiger partial charge in [-0.1, -0.05) is 18.7 Å². The molecule has 154 valence electrons. The summed E-state index contributed by atoms with van der Waals surface area (Å²) in [5.41, 5.74) is 0.0371. The summed E-state index contributed by atoms with van der Waals surface area (Å²) in [6.45, 7) is 6.83. The van der Waals surface area contributed by atoms with Gasteiger partial charge in [-0.2, -0.15) is 0 Å². The van der Waals surface area contributed by atoms with Crippen molar-refractivity contribution in [2.75, 3.05) is 5.75 Å². The molecule has 28 heavy (non-hydrogen) atoms. The van der Waals surface area contributed by atoms with Crippen molar-refractivity contribution in [2.45, 2.75) is 70.2 Å². The van der Waals surface area contributed by atoms with Crippen molar-refractivity contribution in [1.29, 1.82) is 0 Å². The largest absolute Gasteiger partial charge is 0.337 e.